The summed E-state index contributed by atoms with van der Waals surface area (Å²) in [6, 6.07) is 0. The van der Waals surface area contributed by atoms with Gasteiger partial charge in [-0.2, -0.15) is 0 Å². The van der Waals surface area contributed by atoms with Crippen molar-refractivity contribution in [2.24, 2.45) is 0 Å². The molecule has 0 fully saturated rings. The molecule has 0 unspecified atom stereocenters. The zero-order valence-corrected chi connectivity index (χ0v) is 3.14. The lowest BCUT2D eigenvalue weighted by Gasteiger charge is -2.12. The Morgan fingerprint density at radius 1 is 1.60 bits per heavy atom. The Balaban J connectivity index is 2.83. The average Bonchev–Trinajstić information content (AvgIpc) is 1.38. The standard InChI is InChI=1S/BO3P/c2-1(3)5-4/q-2. The van der Waals surface area contributed by atoms with Crippen molar-refractivity contribution in [3.8, 4) is 0 Å². The van der Waals surface area contributed by atoms with E-state index in [1.54, 1.807) is 0 Å². The van der Waals surface area contributed by atoms with Gasteiger partial charge < -0.3 is 10.0 Å². The van der Waals surface area contributed by atoms with E-state index in [9.17, 15) is 0 Å². The molecule has 28 valence electrons. The average molecular weight is 89.8 g/mol. The lowest BCUT2D eigenvalue weighted by molar-refractivity contribution is -0.336. The van der Waals surface area contributed by atoms with Gasteiger partial charge in [0.15, 0.2) is 0 Å². The van der Waals surface area contributed by atoms with Crippen LogP contribution in [0.25, 0.3) is 0 Å². The van der Waals surface area contributed by atoms with Gasteiger partial charge in [0.2, 0.25) is 0 Å². The van der Waals surface area contributed by atoms with E-state index in [0.717, 1.165) is 0 Å². The quantitative estimate of drug-likeness (QED) is 0.275. The van der Waals surface area contributed by atoms with E-state index < -0.39 is 15.2 Å². The van der Waals surface area contributed by atoms with Gasteiger partial charge in [-0.25, -0.2) is 0 Å². The zero-order valence-electron chi connectivity index (χ0n) is 2.25. The molecule has 0 saturated heterocycles. The van der Waals surface area contributed by atoms with Gasteiger partial charge in [0, 0.05) is 15.2 Å². The number of hydrogen-bond acceptors (Lipinski definition) is 3. The number of hydrogen-bond donors (Lipinski definition) is 0. The fourth-order valence-corrected chi connectivity index (χ4v) is 0. The molecule has 0 radical (unpaired) electrons. The fraction of sp³-hybridized carbons (Fsp3) is 0. The van der Waals surface area contributed by atoms with Gasteiger partial charge in [-0.15, -0.1) is 0 Å². The van der Waals surface area contributed by atoms with Gasteiger partial charge in [0.25, 0.3) is 0 Å². The third kappa shape index (κ3) is 4.08. The summed E-state index contributed by atoms with van der Waals surface area (Å²) < 4.78 is 8.98. The predicted molar refractivity (Wildman–Crippen MR) is 13.4 cm³/mol. The second-order valence-corrected chi connectivity index (χ2v) is 1.04. The molecule has 0 heterocycles. The molecule has 0 bridgehead atoms. The molecular formula is BO3P-2. The van der Waals surface area contributed by atoms with Crippen LogP contribution in [0.1, 0.15) is 0 Å². The van der Waals surface area contributed by atoms with Gasteiger partial charge in [0.1, 0.15) is 0 Å². The Morgan fingerprint density at radius 3 is 1.80 bits per heavy atom. The van der Waals surface area contributed by atoms with E-state index in [1.165, 1.54) is 0 Å². The summed E-state index contributed by atoms with van der Waals surface area (Å²) in [4.78, 5) is 0. The Kier molecular flexibility index (Phi) is 2.37. The molecular weight excluding hydrogens is 89.8 g/mol. The second kappa shape index (κ2) is 2.33. The van der Waals surface area contributed by atoms with Crippen LogP contribution in [0.3, 0.4) is 0 Å². The van der Waals surface area contributed by atoms with E-state index in [2.05, 4.69) is 0 Å². The molecule has 0 aromatic heterocycles. The van der Waals surface area contributed by atoms with Crippen molar-refractivity contribution in [2.45, 2.75) is 0 Å². The van der Waals surface area contributed by atoms with Gasteiger partial charge in [-0.05, 0) is 0 Å². The van der Waals surface area contributed by atoms with Crippen molar-refractivity contribution in [3.63, 3.8) is 0 Å². The molecule has 0 amide bonds. The summed E-state index contributed by atoms with van der Waals surface area (Å²) in [6.07, 6.45) is 0. The third-order valence-electron chi connectivity index (χ3n) is 0.0861. The lowest BCUT2D eigenvalue weighted by Crippen LogP contribution is -2.38. The van der Waals surface area contributed by atoms with E-state index in [4.69, 9.17) is 14.6 Å². The van der Waals surface area contributed by atoms with Crippen molar-refractivity contribution in [3.05, 3.63) is 0 Å². The molecule has 0 aliphatic carbocycles. The molecule has 0 N–H and O–H groups in total. The Hall–Kier alpha value is 0.0849. The topological polar surface area (TPSA) is 63.2 Å². The monoisotopic (exact) mass is 90.0 g/mol. The molecule has 0 aliphatic rings. The first kappa shape index (κ1) is 5.08. The van der Waals surface area contributed by atoms with Crippen LogP contribution < -0.4 is 10.0 Å². The highest BCUT2D eigenvalue weighted by Crippen LogP contribution is 1.79. The van der Waals surface area contributed by atoms with Crippen molar-refractivity contribution < 1.29 is 14.6 Å². The maximum Gasteiger partial charge on any atom is 0.0458 e. The summed E-state index contributed by atoms with van der Waals surface area (Å²) in [6.45, 7) is -2.20. The lowest BCUT2D eigenvalue weighted by atomic mass is 10.4. The molecule has 0 aliphatic heterocycles. The molecule has 3 nitrogen and oxygen atoms in total. The maximum atomic E-state index is 9.02. The van der Waals surface area contributed by atoms with Crippen LogP contribution >= 0.6 is 8.34 Å². The summed E-state index contributed by atoms with van der Waals surface area (Å²) in [5.74, 6) is 0. The Morgan fingerprint density at radius 2 is 1.80 bits per heavy atom. The SMILES string of the molecule is O=PB([O-])[O-]. The van der Waals surface area contributed by atoms with E-state index in [0.29, 0.717) is 0 Å². The molecule has 0 spiro atoms. The molecule has 0 aromatic carbocycles. The molecule has 0 rings (SSSR count). The third-order valence-corrected chi connectivity index (χ3v) is 0.258. The number of rotatable bonds is 1. The summed E-state index contributed by atoms with van der Waals surface area (Å²) in [5.41, 5.74) is 0. The maximum absolute atomic E-state index is 9.02. The van der Waals surface area contributed by atoms with Crippen LogP contribution in [0.15, 0.2) is 0 Å². The molecule has 0 atom stereocenters. The molecule has 5 heavy (non-hydrogen) atoms. The zero-order chi connectivity index (χ0) is 4.28. The van der Waals surface area contributed by atoms with Crippen LogP contribution in [-0.4, -0.2) is 6.84 Å². The van der Waals surface area contributed by atoms with Crippen LogP contribution in [-0.2, 0) is 4.57 Å². The molecule has 0 aromatic rings. The smallest absolute Gasteiger partial charge is 0.0458 e. The summed E-state index contributed by atoms with van der Waals surface area (Å²) in [5, 5.41) is 18.0. The van der Waals surface area contributed by atoms with Crippen LogP contribution in [0.4, 0.5) is 0 Å². The first-order chi connectivity index (χ1) is 2.27. The normalized spacial score (nSPS) is 8.40. The summed E-state index contributed by atoms with van der Waals surface area (Å²) in [7, 11) is -0.864. The van der Waals surface area contributed by atoms with Crippen LogP contribution in [0.5, 0.6) is 0 Å². The highest BCUT2D eigenvalue weighted by molar-refractivity contribution is 7.62. The van der Waals surface area contributed by atoms with Crippen molar-refractivity contribution in [1.82, 2.24) is 0 Å². The van der Waals surface area contributed by atoms with Crippen LogP contribution in [0, 0.1) is 0 Å². The Bertz CT molecular complexity index is 33.9. The van der Waals surface area contributed by atoms with Gasteiger partial charge in [-0.3, -0.25) is 4.57 Å². The van der Waals surface area contributed by atoms with Crippen molar-refractivity contribution in [2.75, 3.05) is 0 Å². The largest absolute Gasteiger partial charge is 0.884 e. The van der Waals surface area contributed by atoms with Crippen LogP contribution in [0.2, 0.25) is 0 Å². The van der Waals surface area contributed by atoms with Gasteiger partial charge >= 0.3 is 0 Å². The van der Waals surface area contributed by atoms with Gasteiger partial charge in [0.05, 0.1) is 0 Å². The van der Waals surface area contributed by atoms with Crippen molar-refractivity contribution >= 4 is 15.2 Å². The Labute approximate surface area is 30.9 Å². The first-order valence-electron chi connectivity index (χ1n) is 0.912. The summed E-state index contributed by atoms with van der Waals surface area (Å²) >= 11 is 0. The molecule has 5 heteroatoms. The van der Waals surface area contributed by atoms with Gasteiger partial charge in [-0.1, -0.05) is 0 Å². The minimum Gasteiger partial charge on any atom is -0.884 e. The minimum absolute atomic E-state index is 0.864. The molecule has 0 saturated carbocycles. The second-order valence-electron chi connectivity index (χ2n) is 0.412. The van der Waals surface area contributed by atoms with E-state index >= 15 is 0 Å². The fourth-order valence-electron chi connectivity index (χ4n) is 0. The predicted octanol–water partition coefficient (Wildman–Crippen LogP) is -2.02. The van der Waals surface area contributed by atoms with E-state index in [1.807, 2.05) is 0 Å². The van der Waals surface area contributed by atoms with Crippen molar-refractivity contribution in [1.29, 1.82) is 0 Å². The first-order valence-corrected chi connectivity index (χ1v) is 1.79. The minimum atomic E-state index is -2.20. The highest BCUT2D eigenvalue weighted by Gasteiger charge is 1.60. The van der Waals surface area contributed by atoms with E-state index in [-0.39, 0.29) is 0 Å². The highest BCUT2D eigenvalue weighted by atomic mass is 31.1.